The van der Waals surface area contributed by atoms with Gasteiger partial charge in [0.05, 0.1) is 4.92 Å². The van der Waals surface area contributed by atoms with Crippen molar-refractivity contribution in [2.24, 2.45) is 5.41 Å². The van der Waals surface area contributed by atoms with Gasteiger partial charge >= 0.3 is 0 Å². The number of ether oxygens (including phenoxy) is 1. The third-order valence-corrected chi connectivity index (χ3v) is 3.57. The van der Waals surface area contributed by atoms with Crippen LogP contribution in [0.3, 0.4) is 0 Å². The first-order valence-corrected chi connectivity index (χ1v) is 6.35. The van der Waals surface area contributed by atoms with E-state index in [2.05, 4.69) is 12.2 Å². The highest BCUT2D eigenvalue weighted by Gasteiger charge is 2.27. The van der Waals surface area contributed by atoms with E-state index in [-0.39, 0.29) is 11.1 Å². The second kappa shape index (κ2) is 5.44. The molecule has 1 aromatic rings. The molecule has 0 atom stereocenters. The SMILES string of the molecule is CC1(CNc2cc(N)cc([N+](=O)[O-])c2)CCOCC1. The molecule has 1 aliphatic heterocycles. The molecular formula is C13H19N3O3. The van der Waals surface area contributed by atoms with Gasteiger partial charge in [-0.05, 0) is 24.3 Å². The van der Waals surface area contributed by atoms with Gasteiger partial charge in [0.15, 0.2) is 0 Å². The molecule has 0 spiro atoms. The Balaban J connectivity index is 2.04. The number of nitrogens with one attached hydrogen (secondary N) is 1. The van der Waals surface area contributed by atoms with Gasteiger partial charge in [-0.2, -0.15) is 0 Å². The molecule has 6 heteroatoms. The van der Waals surface area contributed by atoms with Gasteiger partial charge in [-0.3, -0.25) is 10.1 Å². The van der Waals surface area contributed by atoms with E-state index in [1.807, 2.05) is 0 Å². The number of benzene rings is 1. The third kappa shape index (κ3) is 3.57. The van der Waals surface area contributed by atoms with Crippen LogP contribution < -0.4 is 11.1 Å². The number of non-ortho nitro benzene ring substituents is 1. The molecule has 0 unspecified atom stereocenters. The van der Waals surface area contributed by atoms with Crippen molar-refractivity contribution < 1.29 is 9.66 Å². The van der Waals surface area contributed by atoms with E-state index < -0.39 is 4.92 Å². The second-order valence-electron chi connectivity index (χ2n) is 5.35. The molecule has 1 saturated heterocycles. The van der Waals surface area contributed by atoms with E-state index in [0.29, 0.717) is 11.4 Å². The summed E-state index contributed by atoms with van der Waals surface area (Å²) < 4.78 is 5.35. The third-order valence-electron chi connectivity index (χ3n) is 3.57. The predicted octanol–water partition coefficient (Wildman–Crippen LogP) is 2.41. The number of nitro benzene ring substituents is 1. The van der Waals surface area contributed by atoms with Crippen LogP contribution in [0.15, 0.2) is 18.2 Å². The topological polar surface area (TPSA) is 90.4 Å². The van der Waals surface area contributed by atoms with Crippen LogP contribution in [-0.4, -0.2) is 24.7 Å². The van der Waals surface area contributed by atoms with Gasteiger partial charge < -0.3 is 15.8 Å². The number of nitrogens with zero attached hydrogens (tertiary/aromatic N) is 1. The molecule has 1 heterocycles. The molecule has 2 rings (SSSR count). The molecule has 0 radical (unpaired) electrons. The Kier molecular flexibility index (Phi) is 3.90. The molecule has 1 aromatic carbocycles. The maximum absolute atomic E-state index is 10.8. The van der Waals surface area contributed by atoms with Gasteiger partial charge in [-0.15, -0.1) is 0 Å². The molecule has 0 aliphatic carbocycles. The first-order valence-electron chi connectivity index (χ1n) is 6.35. The molecule has 0 saturated carbocycles. The number of hydrogen-bond acceptors (Lipinski definition) is 5. The minimum Gasteiger partial charge on any atom is -0.398 e. The monoisotopic (exact) mass is 265 g/mol. The van der Waals surface area contributed by atoms with Crippen LogP contribution in [0.4, 0.5) is 17.1 Å². The maximum atomic E-state index is 10.8. The van der Waals surface area contributed by atoms with Crippen LogP contribution in [0.5, 0.6) is 0 Å². The van der Waals surface area contributed by atoms with Crippen molar-refractivity contribution in [3.05, 3.63) is 28.3 Å². The number of rotatable bonds is 4. The summed E-state index contributed by atoms with van der Waals surface area (Å²) in [6.07, 6.45) is 1.98. The Morgan fingerprint density at radius 3 is 2.74 bits per heavy atom. The van der Waals surface area contributed by atoms with Gasteiger partial charge in [-0.1, -0.05) is 6.92 Å². The molecule has 0 bridgehead atoms. The summed E-state index contributed by atoms with van der Waals surface area (Å²) in [5.74, 6) is 0. The van der Waals surface area contributed by atoms with Crippen molar-refractivity contribution >= 4 is 17.1 Å². The number of anilines is 2. The van der Waals surface area contributed by atoms with E-state index in [1.165, 1.54) is 12.1 Å². The Hall–Kier alpha value is -1.82. The Bertz CT molecular complexity index is 470. The zero-order valence-electron chi connectivity index (χ0n) is 11.0. The van der Waals surface area contributed by atoms with Gasteiger partial charge in [0.1, 0.15) is 0 Å². The zero-order valence-corrected chi connectivity index (χ0v) is 11.0. The van der Waals surface area contributed by atoms with Crippen LogP contribution in [0.1, 0.15) is 19.8 Å². The molecule has 1 fully saturated rings. The highest BCUT2D eigenvalue weighted by Crippen LogP contribution is 2.31. The van der Waals surface area contributed by atoms with Crippen LogP contribution in [0.2, 0.25) is 0 Å². The summed E-state index contributed by atoms with van der Waals surface area (Å²) in [6, 6.07) is 4.59. The van der Waals surface area contributed by atoms with E-state index >= 15 is 0 Å². The van der Waals surface area contributed by atoms with E-state index in [9.17, 15) is 10.1 Å². The van der Waals surface area contributed by atoms with Crippen molar-refractivity contribution in [1.29, 1.82) is 0 Å². The average Bonchev–Trinajstić information content (AvgIpc) is 2.37. The zero-order chi connectivity index (χ0) is 13.9. The Labute approximate surface area is 112 Å². The van der Waals surface area contributed by atoms with Crippen LogP contribution in [0, 0.1) is 15.5 Å². The lowest BCUT2D eigenvalue weighted by Crippen LogP contribution is -2.33. The summed E-state index contributed by atoms with van der Waals surface area (Å²) in [6.45, 7) is 4.50. The summed E-state index contributed by atoms with van der Waals surface area (Å²) in [4.78, 5) is 10.3. The lowest BCUT2D eigenvalue weighted by atomic mass is 9.82. The smallest absolute Gasteiger partial charge is 0.273 e. The minimum absolute atomic E-state index is 0.0135. The largest absolute Gasteiger partial charge is 0.398 e. The lowest BCUT2D eigenvalue weighted by molar-refractivity contribution is -0.384. The molecule has 6 nitrogen and oxygen atoms in total. The van der Waals surface area contributed by atoms with Gasteiger partial charge in [0.2, 0.25) is 0 Å². The fourth-order valence-corrected chi connectivity index (χ4v) is 2.20. The van der Waals surface area contributed by atoms with Crippen molar-refractivity contribution in [2.75, 3.05) is 30.8 Å². The summed E-state index contributed by atoms with van der Waals surface area (Å²) in [5.41, 5.74) is 6.94. The molecule has 3 N–H and O–H groups in total. The number of nitro groups is 1. The van der Waals surface area contributed by atoms with E-state index in [1.54, 1.807) is 6.07 Å². The summed E-state index contributed by atoms with van der Waals surface area (Å²) in [5, 5.41) is 14.0. The normalized spacial score (nSPS) is 17.9. The highest BCUT2D eigenvalue weighted by molar-refractivity contribution is 5.61. The second-order valence-corrected chi connectivity index (χ2v) is 5.35. The van der Waals surface area contributed by atoms with E-state index in [0.717, 1.165) is 32.6 Å². The van der Waals surface area contributed by atoms with Crippen LogP contribution in [0.25, 0.3) is 0 Å². The van der Waals surface area contributed by atoms with Crippen LogP contribution >= 0.6 is 0 Å². The maximum Gasteiger partial charge on any atom is 0.273 e. The fourth-order valence-electron chi connectivity index (χ4n) is 2.20. The fraction of sp³-hybridized carbons (Fsp3) is 0.538. The van der Waals surface area contributed by atoms with Crippen molar-refractivity contribution in [3.63, 3.8) is 0 Å². The quantitative estimate of drug-likeness (QED) is 0.495. The molecular weight excluding hydrogens is 246 g/mol. The highest BCUT2D eigenvalue weighted by atomic mass is 16.6. The van der Waals surface area contributed by atoms with Crippen molar-refractivity contribution in [3.8, 4) is 0 Å². The number of nitrogens with two attached hydrogens (primary N) is 1. The Morgan fingerprint density at radius 1 is 1.42 bits per heavy atom. The molecule has 0 amide bonds. The molecule has 1 aliphatic rings. The van der Waals surface area contributed by atoms with Crippen molar-refractivity contribution in [2.45, 2.75) is 19.8 Å². The number of hydrogen-bond donors (Lipinski definition) is 2. The van der Waals surface area contributed by atoms with Gasteiger partial charge in [0.25, 0.3) is 5.69 Å². The first-order chi connectivity index (χ1) is 8.98. The van der Waals surface area contributed by atoms with Gasteiger partial charge in [0, 0.05) is 43.3 Å². The van der Waals surface area contributed by atoms with E-state index in [4.69, 9.17) is 10.5 Å². The number of nitrogen functional groups attached to an aromatic ring is 1. The lowest BCUT2D eigenvalue weighted by Gasteiger charge is -2.33. The van der Waals surface area contributed by atoms with Gasteiger partial charge in [-0.25, -0.2) is 0 Å². The predicted molar refractivity (Wildman–Crippen MR) is 74.2 cm³/mol. The summed E-state index contributed by atoms with van der Waals surface area (Å²) in [7, 11) is 0. The first kappa shape index (κ1) is 13.6. The summed E-state index contributed by atoms with van der Waals surface area (Å²) >= 11 is 0. The molecule has 104 valence electrons. The minimum atomic E-state index is -0.433. The standard InChI is InChI=1S/C13H19N3O3/c1-13(2-4-19-5-3-13)9-15-11-6-10(14)7-12(8-11)16(17)18/h6-8,15H,2-5,9,14H2,1H3. The molecule has 19 heavy (non-hydrogen) atoms. The Morgan fingerprint density at radius 2 is 2.11 bits per heavy atom. The molecule has 0 aromatic heterocycles. The van der Waals surface area contributed by atoms with Crippen molar-refractivity contribution in [1.82, 2.24) is 0 Å². The van der Waals surface area contributed by atoms with Crippen LogP contribution in [-0.2, 0) is 4.74 Å². The average molecular weight is 265 g/mol.